The molecule has 112 valence electrons. The molecule has 4 nitrogen and oxygen atoms in total. The van der Waals surface area contributed by atoms with Crippen LogP contribution in [0.3, 0.4) is 0 Å². The van der Waals surface area contributed by atoms with Gasteiger partial charge >= 0.3 is 0 Å². The van der Waals surface area contributed by atoms with Gasteiger partial charge in [-0.3, -0.25) is 9.88 Å². The summed E-state index contributed by atoms with van der Waals surface area (Å²) in [6, 6.07) is 10.3. The van der Waals surface area contributed by atoms with Gasteiger partial charge in [-0.1, -0.05) is 24.3 Å². The van der Waals surface area contributed by atoms with E-state index in [0.29, 0.717) is 12.6 Å². The number of nitrogens with zero attached hydrogens (tertiary/aromatic N) is 2. The van der Waals surface area contributed by atoms with Gasteiger partial charge in [0.2, 0.25) is 0 Å². The van der Waals surface area contributed by atoms with Gasteiger partial charge in [0.15, 0.2) is 0 Å². The van der Waals surface area contributed by atoms with Crippen molar-refractivity contribution in [2.45, 2.75) is 32.1 Å². The standard InChI is InChI=1S/C17H22N2O2/c1-12(2)19-9-10-21-15(11-19)17(20)14-7-3-5-13-6-4-8-18-16(13)14/h3-8,12,15,17,20H,9-11H2,1-2H3. The number of benzene rings is 1. The number of aliphatic hydroxyl groups excluding tert-OH is 1. The molecule has 2 heterocycles. The van der Waals surface area contributed by atoms with Crippen molar-refractivity contribution in [2.24, 2.45) is 0 Å². The minimum absolute atomic E-state index is 0.200. The molecule has 0 saturated carbocycles. The summed E-state index contributed by atoms with van der Waals surface area (Å²) < 4.78 is 5.80. The highest BCUT2D eigenvalue weighted by atomic mass is 16.5. The Balaban J connectivity index is 1.88. The molecule has 1 N–H and O–H groups in total. The molecule has 0 bridgehead atoms. The molecule has 0 spiro atoms. The summed E-state index contributed by atoms with van der Waals surface area (Å²) in [4.78, 5) is 6.77. The Morgan fingerprint density at radius 3 is 2.90 bits per heavy atom. The Labute approximate surface area is 125 Å². The van der Waals surface area contributed by atoms with Gasteiger partial charge in [0.1, 0.15) is 12.2 Å². The van der Waals surface area contributed by atoms with E-state index in [1.807, 2.05) is 30.3 Å². The number of ether oxygens (including phenoxy) is 1. The Morgan fingerprint density at radius 2 is 2.10 bits per heavy atom. The molecule has 21 heavy (non-hydrogen) atoms. The molecule has 2 unspecified atom stereocenters. The summed E-state index contributed by atoms with van der Waals surface area (Å²) in [6.45, 7) is 6.69. The van der Waals surface area contributed by atoms with Crippen molar-refractivity contribution in [3.05, 3.63) is 42.1 Å². The molecule has 2 aromatic rings. The van der Waals surface area contributed by atoms with Gasteiger partial charge in [0.25, 0.3) is 0 Å². The van der Waals surface area contributed by atoms with E-state index >= 15 is 0 Å². The van der Waals surface area contributed by atoms with Crippen LogP contribution in [0.4, 0.5) is 0 Å². The van der Waals surface area contributed by atoms with E-state index in [2.05, 4.69) is 23.7 Å². The van der Waals surface area contributed by atoms with E-state index in [1.54, 1.807) is 6.20 Å². The highest BCUT2D eigenvalue weighted by Gasteiger charge is 2.29. The van der Waals surface area contributed by atoms with Gasteiger partial charge in [-0.05, 0) is 19.9 Å². The third kappa shape index (κ3) is 2.93. The molecule has 3 rings (SSSR count). The molecule has 1 aliphatic heterocycles. The fraction of sp³-hybridized carbons (Fsp3) is 0.471. The first kappa shape index (κ1) is 14.4. The van der Waals surface area contributed by atoms with Crippen molar-refractivity contribution in [2.75, 3.05) is 19.7 Å². The van der Waals surface area contributed by atoms with E-state index in [9.17, 15) is 5.11 Å². The fourth-order valence-electron chi connectivity index (χ4n) is 2.92. The number of fused-ring (bicyclic) bond motifs is 1. The number of hydrogen-bond acceptors (Lipinski definition) is 4. The van der Waals surface area contributed by atoms with Crippen molar-refractivity contribution >= 4 is 10.9 Å². The lowest BCUT2D eigenvalue weighted by molar-refractivity contribution is -0.0958. The highest BCUT2D eigenvalue weighted by Crippen LogP contribution is 2.28. The molecule has 1 aromatic carbocycles. The zero-order valence-electron chi connectivity index (χ0n) is 12.6. The molecular weight excluding hydrogens is 264 g/mol. The largest absolute Gasteiger partial charge is 0.386 e. The molecule has 1 aromatic heterocycles. The lowest BCUT2D eigenvalue weighted by Crippen LogP contribution is -2.47. The lowest BCUT2D eigenvalue weighted by atomic mass is 9.99. The Hall–Kier alpha value is -1.49. The topological polar surface area (TPSA) is 45.6 Å². The average molecular weight is 286 g/mol. The van der Waals surface area contributed by atoms with Crippen molar-refractivity contribution in [3.63, 3.8) is 0 Å². The van der Waals surface area contributed by atoms with Crippen molar-refractivity contribution in [3.8, 4) is 0 Å². The van der Waals surface area contributed by atoms with E-state index in [-0.39, 0.29) is 6.10 Å². The van der Waals surface area contributed by atoms with Crippen LogP contribution in [0, 0.1) is 0 Å². The van der Waals surface area contributed by atoms with Crippen LogP contribution < -0.4 is 0 Å². The molecule has 4 heteroatoms. The van der Waals surface area contributed by atoms with Crippen LogP contribution in [0.1, 0.15) is 25.5 Å². The summed E-state index contributed by atoms with van der Waals surface area (Å²) in [7, 11) is 0. The minimum atomic E-state index is -0.648. The van der Waals surface area contributed by atoms with Crippen LogP contribution >= 0.6 is 0 Å². The summed E-state index contributed by atoms with van der Waals surface area (Å²) in [5, 5.41) is 11.8. The smallest absolute Gasteiger partial charge is 0.108 e. The number of hydrogen-bond donors (Lipinski definition) is 1. The van der Waals surface area contributed by atoms with E-state index < -0.39 is 6.10 Å². The molecule has 1 aliphatic rings. The van der Waals surface area contributed by atoms with Gasteiger partial charge < -0.3 is 9.84 Å². The Bertz CT molecular complexity index is 609. The molecule has 2 atom stereocenters. The van der Waals surface area contributed by atoms with Gasteiger partial charge in [0.05, 0.1) is 12.1 Å². The van der Waals surface area contributed by atoms with Gasteiger partial charge in [-0.2, -0.15) is 0 Å². The first-order valence-electron chi connectivity index (χ1n) is 7.54. The van der Waals surface area contributed by atoms with Crippen molar-refractivity contribution < 1.29 is 9.84 Å². The molecule has 1 fully saturated rings. The lowest BCUT2D eigenvalue weighted by Gasteiger charge is -2.37. The van der Waals surface area contributed by atoms with Crippen LogP contribution in [-0.2, 0) is 4.74 Å². The minimum Gasteiger partial charge on any atom is -0.386 e. The maximum absolute atomic E-state index is 10.8. The summed E-state index contributed by atoms with van der Waals surface area (Å²) in [5.74, 6) is 0. The second-order valence-electron chi connectivity index (χ2n) is 5.87. The zero-order chi connectivity index (χ0) is 14.8. The summed E-state index contributed by atoms with van der Waals surface area (Å²) >= 11 is 0. The first-order valence-corrected chi connectivity index (χ1v) is 7.54. The van der Waals surface area contributed by atoms with E-state index in [0.717, 1.165) is 29.6 Å². The molecule has 1 saturated heterocycles. The zero-order valence-corrected chi connectivity index (χ0v) is 12.6. The Kier molecular flexibility index (Phi) is 4.19. The second kappa shape index (κ2) is 6.10. The van der Waals surface area contributed by atoms with Crippen LogP contribution in [-0.4, -0.2) is 46.8 Å². The predicted octanol–water partition coefficient (Wildman–Crippen LogP) is 2.38. The number of aliphatic hydroxyl groups is 1. The van der Waals surface area contributed by atoms with Gasteiger partial charge in [0, 0.05) is 36.3 Å². The fourth-order valence-corrected chi connectivity index (χ4v) is 2.92. The quantitative estimate of drug-likeness (QED) is 0.941. The average Bonchev–Trinajstić information content (AvgIpc) is 2.53. The third-order valence-corrected chi connectivity index (χ3v) is 4.19. The van der Waals surface area contributed by atoms with Crippen LogP contribution in [0.15, 0.2) is 36.5 Å². The molecule has 0 aliphatic carbocycles. The van der Waals surface area contributed by atoms with Gasteiger partial charge in [-0.15, -0.1) is 0 Å². The first-order chi connectivity index (χ1) is 10.2. The molecular formula is C17H22N2O2. The van der Waals surface area contributed by atoms with E-state index in [4.69, 9.17) is 4.74 Å². The van der Waals surface area contributed by atoms with Crippen LogP contribution in [0.2, 0.25) is 0 Å². The number of morpholine rings is 1. The van der Waals surface area contributed by atoms with Crippen LogP contribution in [0.5, 0.6) is 0 Å². The van der Waals surface area contributed by atoms with Gasteiger partial charge in [-0.25, -0.2) is 0 Å². The monoisotopic (exact) mass is 286 g/mol. The second-order valence-corrected chi connectivity index (χ2v) is 5.87. The normalized spacial score (nSPS) is 21.8. The number of pyridine rings is 1. The third-order valence-electron chi connectivity index (χ3n) is 4.19. The maximum Gasteiger partial charge on any atom is 0.108 e. The maximum atomic E-state index is 10.8. The van der Waals surface area contributed by atoms with Crippen LogP contribution in [0.25, 0.3) is 10.9 Å². The molecule has 0 radical (unpaired) electrons. The SMILES string of the molecule is CC(C)N1CCOC(C(O)c2cccc3cccnc23)C1. The Morgan fingerprint density at radius 1 is 1.29 bits per heavy atom. The summed E-state index contributed by atoms with van der Waals surface area (Å²) in [5.41, 5.74) is 1.71. The number of rotatable bonds is 3. The van der Waals surface area contributed by atoms with E-state index in [1.165, 1.54) is 0 Å². The molecule has 0 amide bonds. The number of aromatic nitrogens is 1. The van der Waals surface area contributed by atoms with Crippen molar-refractivity contribution in [1.82, 2.24) is 9.88 Å². The highest BCUT2D eigenvalue weighted by molar-refractivity contribution is 5.81. The summed E-state index contributed by atoms with van der Waals surface area (Å²) in [6.07, 6.45) is 0.916. The van der Waals surface area contributed by atoms with Crippen molar-refractivity contribution in [1.29, 1.82) is 0 Å². The number of para-hydroxylation sites is 1. The predicted molar refractivity (Wildman–Crippen MR) is 83.2 cm³/mol.